The van der Waals surface area contributed by atoms with Crippen molar-refractivity contribution in [1.82, 2.24) is 15.4 Å². The molecular formula is C20H28N4O3S. The van der Waals surface area contributed by atoms with Crippen LogP contribution < -0.4 is 15.4 Å². The van der Waals surface area contributed by atoms with Gasteiger partial charge in [-0.25, -0.2) is 13.1 Å². The van der Waals surface area contributed by atoms with E-state index in [2.05, 4.69) is 20.3 Å². The van der Waals surface area contributed by atoms with Gasteiger partial charge in [0.25, 0.3) is 0 Å². The van der Waals surface area contributed by atoms with Gasteiger partial charge in [0.15, 0.2) is 5.96 Å². The van der Waals surface area contributed by atoms with E-state index in [9.17, 15) is 13.5 Å². The van der Waals surface area contributed by atoms with Crippen LogP contribution in [0.25, 0.3) is 0 Å². The molecule has 8 heteroatoms. The van der Waals surface area contributed by atoms with Crippen molar-refractivity contribution in [2.24, 2.45) is 4.99 Å². The van der Waals surface area contributed by atoms with E-state index in [0.717, 1.165) is 5.56 Å². The summed E-state index contributed by atoms with van der Waals surface area (Å²) < 4.78 is 27.0. The van der Waals surface area contributed by atoms with Gasteiger partial charge in [-0.15, -0.1) is 0 Å². The summed E-state index contributed by atoms with van der Waals surface area (Å²) in [4.78, 5) is 4.75. The minimum absolute atomic E-state index is 0.00376. The maximum absolute atomic E-state index is 12.2. The molecule has 0 aliphatic heterocycles. The third-order valence-corrected chi connectivity index (χ3v) is 5.55. The molecule has 0 heterocycles. The molecule has 2 aromatic carbocycles. The number of nitrogens with one attached hydrogen (secondary N) is 3. The summed E-state index contributed by atoms with van der Waals surface area (Å²) in [6.45, 7) is 3.67. The van der Waals surface area contributed by atoms with Gasteiger partial charge >= 0.3 is 0 Å². The van der Waals surface area contributed by atoms with E-state index in [0.29, 0.717) is 25.6 Å². The molecule has 0 radical (unpaired) electrons. The summed E-state index contributed by atoms with van der Waals surface area (Å²) >= 11 is 0. The summed E-state index contributed by atoms with van der Waals surface area (Å²) in [7, 11) is -3.52. The predicted octanol–water partition coefficient (Wildman–Crippen LogP) is 1.30. The molecule has 0 amide bonds. The maximum Gasteiger partial charge on any atom is 0.240 e. The molecule has 0 spiro atoms. The molecule has 0 saturated carbocycles. The lowest BCUT2D eigenvalue weighted by Crippen LogP contribution is -2.41. The second-order valence-corrected chi connectivity index (χ2v) is 7.91. The summed E-state index contributed by atoms with van der Waals surface area (Å²) in [6, 6.07) is 18.0. The van der Waals surface area contributed by atoms with Crippen molar-refractivity contribution in [3.8, 4) is 0 Å². The molecule has 0 aliphatic carbocycles. The smallest absolute Gasteiger partial charge is 0.240 e. The largest absolute Gasteiger partial charge is 0.396 e. The molecule has 1 atom stereocenters. The quantitative estimate of drug-likeness (QED) is 0.272. The van der Waals surface area contributed by atoms with Crippen LogP contribution in [-0.4, -0.2) is 52.3 Å². The van der Waals surface area contributed by atoms with E-state index < -0.39 is 10.0 Å². The molecule has 2 aromatic rings. The van der Waals surface area contributed by atoms with Gasteiger partial charge in [0.2, 0.25) is 10.0 Å². The number of hydrogen-bond acceptors (Lipinski definition) is 4. The lowest BCUT2D eigenvalue weighted by molar-refractivity contribution is 0.268. The Morgan fingerprint density at radius 3 is 2.25 bits per heavy atom. The molecule has 0 saturated heterocycles. The van der Waals surface area contributed by atoms with E-state index in [1.165, 1.54) is 0 Å². The third-order valence-electron chi connectivity index (χ3n) is 4.07. The van der Waals surface area contributed by atoms with Crippen LogP contribution in [0, 0.1) is 0 Å². The summed E-state index contributed by atoms with van der Waals surface area (Å²) in [5, 5.41) is 15.9. The van der Waals surface area contributed by atoms with Gasteiger partial charge in [-0.3, -0.25) is 4.99 Å². The number of rotatable bonds is 10. The number of aliphatic hydroxyl groups excluding tert-OH is 1. The zero-order valence-electron chi connectivity index (χ0n) is 16.0. The Balaban J connectivity index is 1.87. The molecule has 2 rings (SSSR count). The number of hydrogen-bond donors (Lipinski definition) is 4. The minimum Gasteiger partial charge on any atom is -0.396 e. The van der Waals surface area contributed by atoms with E-state index in [4.69, 9.17) is 0 Å². The van der Waals surface area contributed by atoms with Crippen LogP contribution in [0.4, 0.5) is 0 Å². The number of aliphatic imine (C=N–C) groups is 1. The topological polar surface area (TPSA) is 103 Å². The van der Waals surface area contributed by atoms with E-state index in [1.54, 1.807) is 30.3 Å². The van der Waals surface area contributed by atoms with Gasteiger partial charge < -0.3 is 15.7 Å². The van der Waals surface area contributed by atoms with Gasteiger partial charge in [-0.1, -0.05) is 48.5 Å². The van der Waals surface area contributed by atoms with Gasteiger partial charge in [-0.05, 0) is 24.6 Å². The van der Waals surface area contributed by atoms with Crippen LogP contribution in [0.3, 0.4) is 0 Å². The van der Waals surface area contributed by atoms with Crippen LogP contribution in [0.2, 0.25) is 0 Å². The van der Waals surface area contributed by atoms with Gasteiger partial charge in [0, 0.05) is 25.6 Å². The van der Waals surface area contributed by atoms with Crippen molar-refractivity contribution < 1.29 is 13.5 Å². The maximum atomic E-state index is 12.2. The average molecular weight is 405 g/mol. The summed E-state index contributed by atoms with van der Waals surface area (Å²) in [6.07, 6.45) is 0. The molecule has 0 fully saturated rings. The Morgan fingerprint density at radius 1 is 1.00 bits per heavy atom. The molecule has 152 valence electrons. The molecular weight excluding hydrogens is 376 g/mol. The zero-order valence-corrected chi connectivity index (χ0v) is 16.8. The van der Waals surface area contributed by atoms with Crippen molar-refractivity contribution in [2.75, 3.05) is 32.8 Å². The molecule has 28 heavy (non-hydrogen) atoms. The van der Waals surface area contributed by atoms with Crippen LogP contribution in [-0.2, 0) is 10.0 Å². The fourth-order valence-corrected chi connectivity index (χ4v) is 3.64. The second kappa shape index (κ2) is 11.4. The van der Waals surface area contributed by atoms with Gasteiger partial charge in [0.1, 0.15) is 0 Å². The Hall–Kier alpha value is -2.42. The lowest BCUT2D eigenvalue weighted by Gasteiger charge is -2.15. The first-order valence-electron chi connectivity index (χ1n) is 9.29. The first-order chi connectivity index (χ1) is 13.6. The highest BCUT2D eigenvalue weighted by molar-refractivity contribution is 7.89. The lowest BCUT2D eigenvalue weighted by atomic mass is 10.0. The van der Waals surface area contributed by atoms with Crippen LogP contribution >= 0.6 is 0 Å². The predicted molar refractivity (Wildman–Crippen MR) is 112 cm³/mol. The van der Waals surface area contributed by atoms with Crippen molar-refractivity contribution in [3.05, 3.63) is 66.2 Å². The van der Waals surface area contributed by atoms with Gasteiger partial charge in [-0.2, -0.15) is 0 Å². The van der Waals surface area contributed by atoms with Crippen molar-refractivity contribution in [3.63, 3.8) is 0 Å². The van der Waals surface area contributed by atoms with E-state index >= 15 is 0 Å². The first kappa shape index (κ1) is 21.9. The normalized spacial score (nSPS) is 13.1. The number of guanidine groups is 1. The monoisotopic (exact) mass is 404 g/mol. The van der Waals surface area contributed by atoms with Crippen molar-refractivity contribution >= 4 is 16.0 Å². The Kier molecular flexibility index (Phi) is 8.93. The third kappa shape index (κ3) is 6.95. The van der Waals surface area contributed by atoms with Crippen LogP contribution in [0.15, 0.2) is 70.6 Å². The molecule has 7 nitrogen and oxygen atoms in total. The van der Waals surface area contributed by atoms with Crippen molar-refractivity contribution in [1.29, 1.82) is 0 Å². The number of nitrogens with zero attached hydrogens (tertiary/aromatic N) is 1. The highest BCUT2D eigenvalue weighted by atomic mass is 32.2. The summed E-state index contributed by atoms with van der Waals surface area (Å²) in [5.74, 6) is 0.490. The standard InChI is InChI=1S/C20H28N4O3S/c1-2-21-20(23-15-18(16-25)17-9-5-3-6-10-17)22-13-14-24-28(26,27)19-11-7-4-8-12-19/h3-12,18,24-25H,2,13-16H2,1H3,(H2,21,22,23). The first-order valence-corrected chi connectivity index (χ1v) is 10.8. The van der Waals surface area contributed by atoms with Crippen LogP contribution in [0.1, 0.15) is 18.4 Å². The summed E-state index contributed by atoms with van der Waals surface area (Å²) in [5.41, 5.74) is 1.03. The SMILES string of the molecule is CCNC(=NCC(CO)c1ccccc1)NCCNS(=O)(=O)c1ccccc1. The fraction of sp³-hybridized carbons (Fsp3) is 0.350. The average Bonchev–Trinajstić information content (AvgIpc) is 2.73. The Bertz CT molecular complexity index is 827. The van der Waals surface area contributed by atoms with Gasteiger partial charge in [0.05, 0.1) is 18.0 Å². The van der Waals surface area contributed by atoms with Crippen LogP contribution in [0.5, 0.6) is 0 Å². The zero-order chi connectivity index (χ0) is 20.2. The number of sulfonamides is 1. The number of benzene rings is 2. The molecule has 0 aliphatic rings. The second-order valence-electron chi connectivity index (χ2n) is 6.15. The highest BCUT2D eigenvalue weighted by Gasteiger charge is 2.12. The Labute approximate surface area is 167 Å². The fourth-order valence-electron chi connectivity index (χ4n) is 2.59. The van der Waals surface area contributed by atoms with Crippen molar-refractivity contribution in [2.45, 2.75) is 17.7 Å². The Morgan fingerprint density at radius 2 is 1.64 bits per heavy atom. The van der Waals surface area contributed by atoms with E-state index in [-0.39, 0.29) is 24.0 Å². The molecule has 0 bridgehead atoms. The molecule has 1 unspecified atom stereocenters. The molecule has 0 aromatic heterocycles. The molecule has 4 N–H and O–H groups in total. The number of aliphatic hydroxyl groups is 1. The minimum atomic E-state index is -3.52. The van der Waals surface area contributed by atoms with E-state index in [1.807, 2.05) is 37.3 Å². The highest BCUT2D eigenvalue weighted by Crippen LogP contribution is 2.14.